The molecule has 7 heteroatoms. The number of rotatable bonds is 4. The Morgan fingerprint density at radius 1 is 1.00 bits per heavy atom. The predicted molar refractivity (Wildman–Crippen MR) is 110 cm³/mol. The van der Waals surface area contributed by atoms with Crippen molar-refractivity contribution in [3.8, 4) is 0 Å². The van der Waals surface area contributed by atoms with E-state index >= 15 is 0 Å². The van der Waals surface area contributed by atoms with Gasteiger partial charge < -0.3 is 10.2 Å². The smallest absolute Gasteiger partial charge is 0.193 e. The van der Waals surface area contributed by atoms with Crippen LogP contribution in [0.1, 0.15) is 51.4 Å². The molecule has 0 spiro atoms. The van der Waals surface area contributed by atoms with Gasteiger partial charge in [0, 0.05) is 26.2 Å². The van der Waals surface area contributed by atoms with E-state index in [9.17, 15) is 8.42 Å². The maximum atomic E-state index is 11.6. The second-order valence-electron chi connectivity index (χ2n) is 7.51. The number of halogens is 1. The third kappa shape index (κ3) is 6.04. The maximum absolute atomic E-state index is 11.6. The van der Waals surface area contributed by atoms with Crippen molar-refractivity contribution >= 4 is 39.8 Å². The molecule has 1 saturated carbocycles. The molecule has 0 aromatic heterocycles. The average molecular weight is 469 g/mol. The predicted octanol–water partition coefficient (Wildman–Crippen LogP) is 2.66. The molecule has 0 amide bonds. The second-order valence-corrected chi connectivity index (χ2v) is 9.74. The fraction of sp³-hybridized carbons (Fsp3) is 0.941. The third-order valence-electron chi connectivity index (χ3n) is 5.51. The van der Waals surface area contributed by atoms with Crippen molar-refractivity contribution in [2.75, 3.05) is 37.7 Å². The Hall–Kier alpha value is -0.0500. The Balaban J connectivity index is 0.00000208. The molecule has 1 N–H and O–H groups in total. The normalized spacial score (nSPS) is 27.9. The number of likely N-dealkylation sites (tertiary alicyclic amines) is 1. The maximum Gasteiger partial charge on any atom is 0.193 e. The molecule has 2 heterocycles. The van der Waals surface area contributed by atoms with E-state index in [-0.39, 0.29) is 29.9 Å². The van der Waals surface area contributed by atoms with Crippen molar-refractivity contribution in [1.29, 1.82) is 0 Å². The minimum Gasteiger partial charge on any atom is -0.356 e. The zero-order chi connectivity index (χ0) is 16.1. The lowest BCUT2D eigenvalue weighted by Gasteiger charge is -2.26. The number of hydrogen-bond donors (Lipinski definition) is 1. The van der Waals surface area contributed by atoms with Gasteiger partial charge in [0.1, 0.15) is 0 Å². The van der Waals surface area contributed by atoms with Crippen molar-refractivity contribution in [2.45, 2.75) is 51.4 Å². The van der Waals surface area contributed by atoms with Gasteiger partial charge in [-0.15, -0.1) is 24.0 Å². The van der Waals surface area contributed by atoms with Gasteiger partial charge in [-0.25, -0.2) is 8.42 Å². The van der Waals surface area contributed by atoms with Crippen LogP contribution in [0.4, 0.5) is 0 Å². The first-order valence-electron chi connectivity index (χ1n) is 9.36. The van der Waals surface area contributed by atoms with Crippen molar-refractivity contribution in [3.05, 3.63) is 0 Å². The molecule has 1 atom stereocenters. The minimum absolute atomic E-state index is 0. The molecular weight excluding hydrogens is 437 g/mol. The van der Waals surface area contributed by atoms with Gasteiger partial charge in [-0.2, -0.15) is 0 Å². The Labute approximate surface area is 164 Å². The van der Waals surface area contributed by atoms with Gasteiger partial charge in [-0.3, -0.25) is 4.99 Å². The summed E-state index contributed by atoms with van der Waals surface area (Å²) < 4.78 is 23.2. The Morgan fingerprint density at radius 3 is 2.33 bits per heavy atom. The van der Waals surface area contributed by atoms with E-state index in [1.54, 1.807) is 0 Å². The molecule has 0 aromatic rings. The summed E-state index contributed by atoms with van der Waals surface area (Å²) in [5.74, 6) is 2.70. The molecule has 5 nitrogen and oxygen atoms in total. The SMILES string of the molecule is I.O=S1(=O)CCC(CN=C(NCC2CCCCC2)N2CCCC2)C1. The fourth-order valence-corrected chi connectivity index (χ4v) is 5.90. The summed E-state index contributed by atoms with van der Waals surface area (Å²) in [5, 5.41) is 3.60. The Kier molecular flexibility index (Phi) is 8.10. The van der Waals surface area contributed by atoms with Crippen LogP contribution in [0.3, 0.4) is 0 Å². The topological polar surface area (TPSA) is 61.8 Å². The lowest BCUT2D eigenvalue weighted by atomic mass is 9.89. The zero-order valence-electron chi connectivity index (χ0n) is 14.6. The number of aliphatic imine (C=N–C) groups is 1. The summed E-state index contributed by atoms with van der Waals surface area (Å²) in [5.41, 5.74) is 0. The molecule has 3 rings (SSSR count). The summed E-state index contributed by atoms with van der Waals surface area (Å²) in [6.45, 7) is 3.85. The van der Waals surface area contributed by atoms with Crippen LogP contribution in [0.5, 0.6) is 0 Å². The van der Waals surface area contributed by atoms with Gasteiger partial charge in [0.25, 0.3) is 0 Å². The van der Waals surface area contributed by atoms with E-state index in [1.165, 1.54) is 44.9 Å². The monoisotopic (exact) mass is 469 g/mol. The highest BCUT2D eigenvalue weighted by Crippen LogP contribution is 2.23. The van der Waals surface area contributed by atoms with E-state index in [4.69, 9.17) is 4.99 Å². The Bertz CT molecular complexity index is 512. The number of hydrogen-bond acceptors (Lipinski definition) is 3. The fourth-order valence-electron chi connectivity index (χ4n) is 4.06. The largest absolute Gasteiger partial charge is 0.356 e. The van der Waals surface area contributed by atoms with Crippen LogP contribution < -0.4 is 5.32 Å². The van der Waals surface area contributed by atoms with E-state index in [0.29, 0.717) is 18.1 Å². The summed E-state index contributed by atoms with van der Waals surface area (Å²) in [4.78, 5) is 7.16. The first kappa shape index (κ1) is 20.3. The first-order valence-corrected chi connectivity index (χ1v) is 11.2. The molecule has 2 saturated heterocycles. The van der Waals surface area contributed by atoms with Crippen LogP contribution in [-0.2, 0) is 9.84 Å². The molecule has 24 heavy (non-hydrogen) atoms. The lowest BCUT2D eigenvalue weighted by Crippen LogP contribution is -2.42. The average Bonchev–Trinajstić information content (AvgIpc) is 3.18. The summed E-state index contributed by atoms with van der Waals surface area (Å²) in [6.07, 6.45) is 10.0. The van der Waals surface area contributed by atoms with E-state index in [1.807, 2.05) is 0 Å². The van der Waals surface area contributed by atoms with Gasteiger partial charge in [-0.05, 0) is 43.9 Å². The third-order valence-corrected chi connectivity index (χ3v) is 7.34. The highest BCUT2D eigenvalue weighted by atomic mass is 127. The quantitative estimate of drug-likeness (QED) is 0.391. The first-order chi connectivity index (χ1) is 11.1. The molecule has 2 aliphatic heterocycles. The molecule has 1 unspecified atom stereocenters. The molecule has 0 bridgehead atoms. The van der Waals surface area contributed by atoms with E-state index < -0.39 is 9.84 Å². The zero-order valence-corrected chi connectivity index (χ0v) is 17.7. The van der Waals surface area contributed by atoms with Crippen LogP contribution in [0, 0.1) is 11.8 Å². The molecule has 0 radical (unpaired) electrons. The highest BCUT2D eigenvalue weighted by molar-refractivity contribution is 14.0. The van der Waals surface area contributed by atoms with E-state index in [0.717, 1.165) is 37.9 Å². The van der Waals surface area contributed by atoms with Gasteiger partial charge in [-0.1, -0.05) is 19.3 Å². The molecule has 1 aliphatic carbocycles. The van der Waals surface area contributed by atoms with Gasteiger partial charge in [0.05, 0.1) is 11.5 Å². The molecule has 140 valence electrons. The van der Waals surface area contributed by atoms with Crippen LogP contribution in [-0.4, -0.2) is 57.0 Å². The van der Waals surface area contributed by atoms with Gasteiger partial charge in [0.15, 0.2) is 15.8 Å². The van der Waals surface area contributed by atoms with Gasteiger partial charge >= 0.3 is 0 Å². The van der Waals surface area contributed by atoms with Crippen LogP contribution >= 0.6 is 24.0 Å². The Morgan fingerprint density at radius 2 is 1.71 bits per heavy atom. The summed E-state index contributed by atoms with van der Waals surface area (Å²) in [7, 11) is -2.80. The standard InChI is InChI=1S/C17H31N3O2S.HI/c21-23(22)11-8-16(14-23)13-19-17(20-9-4-5-10-20)18-12-15-6-2-1-3-7-15;/h15-16H,1-14H2,(H,18,19);1H. The molecular formula is C17H32IN3O2S. The highest BCUT2D eigenvalue weighted by Gasteiger charge is 2.28. The molecule has 0 aromatic carbocycles. The molecule has 3 aliphatic rings. The van der Waals surface area contributed by atoms with Crippen LogP contribution in [0.2, 0.25) is 0 Å². The van der Waals surface area contributed by atoms with Crippen molar-refractivity contribution in [2.24, 2.45) is 16.8 Å². The van der Waals surface area contributed by atoms with Crippen LogP contribution in [0.25, 0.3) is 0 Å². The van der Waals surface area contributed by atoms with E-state index in [2.05, 4.69) is 10.2 Å². The van der Waals surface area contributed by atoms with Crippen molar-refractivity contribution in [1.82, 2.24) is 10.2 Å². The summed E-state index contributed by atoms with van der Waals surface area (Å²) >= 11 is 0. The number of guanidine groups is 1. The second kappa shape index (κ2) is 9.59. The number of nitrogens with zero attached hydrogens (tertiary/aromatic N) is 2. The minimum atomic E-state index is -2.80. The van der Waals surface area contributed by atoms with Crippen molar-refractivity contribution in [3.63, 3.8) is 0 Å². The lowest BCUT2D eigenvalue weighted by molar-refractivity contribution is 0.350. The van der Waals surface area contributed by atoms with Crippen molar-refractivity contribution < 1.29 is 8.42 Å². The summed E-state index contributed by atoms with van der Waals surface area (Å²) in [6, 6.07) is 0. The van der Waals surface area contributed by atoms with Gasteiger partial charge in [0.2, 0.25) is 0 Å². The van der Waals surface area contributed by atoms with Crippen LogP contribution in [0.15, 0.2) is 4.99 Å². The number of nitrogens with one attached hydrogen (secondary N) is 1. The number of sulfone groups is 1. The molecule has 3 fully saturated rings.